The topological polar surface area (TPSA) is 20.3 Å². The first-order valence-corrected chi connectivity index (χ1v) is 7.90. The van der Waals surface area contributed by atoms with Crippen LogP contribution in [0, 0.1) is 18.6 Å². The zero-order valence-corrected chi connectivity index (χ0v) is 13.6. The van der Waals surface area contributed by atoms with Crippen LogP contribution in [0.15, 0.2) is 12.1 Å². The zero-order chi connectivity index (χ0) is 15.3. The van der Waals surface area contributed by atoms with Gasteiger partial charge in [0.2, 0.25) is 0 Å². The lowest BCUT2D eigenvalue weighted by atomic mass is 10.1. The maximum atomic E-state index is 13.9. The molecule has 5 heteroatoms. The lowest BCUT2D eigenvalue weighted by Gasteiger charge is -2.30. The summed E-state index contributed by atoms with van der Waals surface area (Å²) in [6.45, 7) is 6.02. The molecule has 0 aromatic heterocycles. The number of aryl methyl sites for hydroxylation is 1. The van der Waals surface area contributed by atoms with Crippen molar-refractivity contribution in [3.63, 3.8) is 0 Å². The number of carbonyl (C=O) groups excluding carboxylic acids is 1. The fraction of sp³-hybridized carbons (Fsp3) is 0.533. The van der Waals surface area contributed by atoms with Gasteiger partial charge in [0.1, 0.15) is 11.6 Å². The SMILES string of the molecule is CCC(CC)N(CCBr)C(=O)c1cc(C)c(F)cc1F. The third-order valence-corrected chi connectivity index (χ3v) is 3.80. The molecule has 0 spiro atoms. The normalized spacial score (nSPS) is 10.9. The Morgan fingerprint density at radius 1 is 1.25 bits per heavy atom. The number of benzene rings is 1. The predicted octanol–water partition coefficient (Wildman–Crippen LogP) is 4.30. The third-order valence-electron chi connectivity index (χ3n) is 3.45. The summed E-state index contributed by atoms with van der Waals surface area (Å²) in [7, 11) is 0. The molecule has 0 saturated carbocycles. The van der Waals surface area contributed by atoms with Crippen molar-refractivity contribution < 1.29 is 13.6 Å². The van der Waals surface area contributed by atoms with E-state index in [4.69, 9.17) is 0 Å². The summed E-state index contributed by atoms with van der Waals surface area (Å²) in [5.41, 5.74) is 0.217. The monoisotopic (exact) mass is 347 g/mol. The molecule has 0 aliphatic carbocycles. The van der Waals surface area contributed by atoms with Gasteiger partial charge in [-0.25, -0.2) is 8.78 Å². The summed E-state index contributed by atoms with van der Waals surface area (Å²) in [6, 6.07) is 2.13. The number of nitrogens with zero attached hydrogens (tertiary/aromatic N) is 1. The highest BCUT2D eigenvalue weighted by molar-refractivity contribution is 9.09. The number of halogens is 3. The minimum atomic E-state index is -0.802. The van der Waals surface area contributed by atoms with Crippen molar-refractivity contribution in [2.45, 2.75) is 39.7 Å². The van der Waals surface area contributed by atoms with Crippen LogP contribution in [0.2, 0.25) is 0 Å². The Morgan fingerprint density at radius 2 is 1.85 bits per heavy atom. The fourth-order valence-corrected chi connectivity index (χ4v) is 2.63. The van der Waals surface area contributed by atoms with Crippen LogP contribution >= 0.6 is 15.9 Å². The molecule has 0 N–H and O–H groups in total. The molecule has 0 saturated heterocycles. The standard InChI is InChI=1S/C15H20BrF2NO/c1-4-11(5-2)19(7-6-16)15(20)12-8-10(3)13(17)9-14(12)18/h8-9,11H,4-7H2,1-3H3. The van der Waals surface area contributed by atoms with Gasteiger partial charge < -0.3 is 4.90 Å². The first kappa shape index (κ1) is 17.1. The van der Waals surface area contributed by atoms with Gasteiger partial charge >= 0.3 is 0 Å². The molecule has 1 rings (SSSR count). The lowest BCUT2D eigenvalue weighted by molar-refractivity contribution is 0.0678. The van der Waals surface area contributed by atoms with E-state index in [-0.39, 0.29) is 23.1 Å². The van der Waals surface area contributed by atoms with Crippen LogP contribution in [-0.2, 0) is 0 Å². The molecule has 1 aromatic rings. The number of amides is 1. The maximum Gasteiger partial charge on any atom is 0.257 e. The third kappa shape index (κ3) is 3.78. The Hall–Kier alpha value is -0.970. The molecule has 0 fully saturated rings. The zero-order valence-electron chi connectivity index (χ0n) is 12.0. The number of carbonyl (C=O) groups is 1. The quantitative estimate of drug-likeness (QED) is 0.702. The molecule has 0 unspecified atom stereocenters. The molecule has 0 atom stereocenters. The minimum absolute atomic E-state index is 0.0586. The molecular weight excluding hydrogens is 328 g/mol. The minimum Gasteiger partial charge on any atom is -0.335 e. The van der Waals surface area contributed by atoms with Gasteiger partial charge in [0, 0.05) is 24.0 Å². The van der Waals surface area contributed by atoms with Gasteiger partial charge in [-0.2, -0.15) is 0 Å². The summed E-state index contributed by atoms with van der Waals surface area (Å²) in [5, 5.41) is 0.622. The van der Waals surface area contributed by atoms with Gasteiger partial charge in [0.25, 0.3) is 5.91 Å². The van der Waals surface area contributed by atoms with E-state index < -0.39 is 11.6 Å². The van der Waals surface area contributed by atoms with Crippen molar-refractivity contribution in [1.82, 2.24) is 4.90 Å². The van der Waals surface area contributed by atoms with Gasteiger partial charge in [-0.05, 0) is 31.4 Å². The van der Waals surface area contributed by atoms with Gasteiger partial charge in [-0.1, -0.05) is 29.8 Å². The first-order chi connectivity index (χ1) is 9.46. The van der Waals surface area contributed by atoms with E-state index in [1.807, 2.05) is 13.8 Å². The molecule has 0 aliphatic rings. The van der Waals surface area contributed by atoms with E-state index in [1.54, 1.807) is 4.90 Å². The molecule has 112 valence electrons. The van der Waals surface area contributed by atoms with Crippen LogP contribution in [0.1, 0.15) is 42.6 Å². The average Bonchev–Trinajstić information content (AvgIpc) is 2.42. The Morgan fingerprint density at radius 3 is 2.35 bits per heavy atom. The van der Waals surface area contributed by atoms with Crippen LogP contribution in [0.5, 0.6) is 0 Å². The van der Waals surface area contributed by atoms with Gasteiger partial charge in [-0.15, -0.1) is 0 Å². The molecule has 0 aliphatic heterocycles. The van der Waals surface area contributed by atoms with Crippen molar-refractivity contribution >= 4 is 21.8 Å². The average molecular weight is 348 g/mol. The van der Waals surface area contributed by atoms with Crippen molar-refractivity contribution in [3.05, 3.63) is 34.9 Å². The Labute approximate surface area is 127 Å². The molecule has 1 aromatic carbocycles. The molecular formula is C15H20BrF2NO. The van der Waals surface area contributed by atoms with E-state index in [1.165, 1.54) is 13.0 Å². The predicted molar refractivity (Wildman–Crippen MR) is 80.3 cm³/mol. The number of rotatable bonds is 6. The van der Waals surface area contributed by atoms with E-state index in [0.29, 0.717) is 11.9 Å². The second-order valence-corrected chi connectivity index (χ2v) is 5.53. The smallest absolute Gasteiger partial charge is 0.257 e. The molecule has 0 radical (unpaired) electrons. The van der Waals surface area contributed by atoms with E-state index in [2.05, 4.69) is 15.9 Å². The Kier molecular flexibility index (Phi) is 6.59. The largest absolute Gasteiger partial charge is 0.335 e. The second-order valence-electron chi connectivity index (χ2n) is 4.74. The molecule has 0 heterocycles. The number of hydrogen-bond donors (Lipinski definition) is 0. The van der Waals surface area contributed by atoms with Crippen molar-refractivity contribution in [2.75, 3.05) is 11.9 Å². The maximum absolute atomic E-state index is 13.9. The van der Waals surface area contributed by atoms with E-state index in [9.17, 15) is 13.6 Å². The molecule has 0 bridgehead atoms. The summed E-state index contributed by atoms with van der Waals surface area (Å²) >= 11 is 3.31. The van der Waals surface area contributed by atoms with Crippen molar-refractivity contribution in [3.8, 4) is 0 Å². The summed E-state index contributed by atoms with van der Waals surface area (Å²) in [4.78, 5) is 14.2. The number of hydrogen-bond acceptors (Lipinski definition) is 1. The summed E-state index contributed by atoms with van der Waals surface area (Å²) < 4.78 is 27.1. The van der Waals surface area contributed by atoms with Crippen molar-refractivity contribution in [2.24, 2.45) is 0 Å². The van der Waals surface area contributed by atoms with Crippen LogP contribution in [-0.4, -0.2) is 28.7 Å². The van der Waals surface area contributed by atoms with Crippen LogP contribution in [0.4, 0.5) is 8.78 Å². The number of alkyl halides is 1. The first-order valence-electron chi connectivity index (χ1n) is 6.78. The van der Waals surface area contributed by atoms with E-state index in [0.717, 1.165) is 18.9 Å². The molecule has 2 nitrogen and oxygen atoms in total. The van der Waals surface area contributed by atoms with E-state index >= 15 is 0 Å². The van der Waals surface area contributed by atoms with Gasteiger partial charge in [0.15, 0.2) is 0 Å². The Balaban J connectivity index is 3.15. The van der Waals surface area contributed by atoms with Gasteiger partial charge in [-0.3, -0.25) is 4.79 Å². The van der Waals surface area contributed by atoms with Crippen LogP contribution < -0.4 is 0 Å². The highest BCUT2D eigenvalue weighted by Crippen LogP contribution is 2.19. The second kappa shape index (κ2) is 7.72. The van der Waals surface area contributed by atoms with Crippen LogP contribution in [0.25, 0.3) is 0 Å². The summed E-state index contributed by atoms with van der Waals surface area (Å²) in [5.74, 6) is -1.81. The molecule has 20 heavy (non-hydrogen) atoms. The summed E-state index contributed by atoms with van der Waals surface area (Å²) in [6.07, 6.45) is 1.61. The lowest BCUT2D eigenvalue weighted by Crippen LogP contribution is -2.41. The Bertz CT molecular complexity index is 475. The van der Waals surface area contributed by atoms with Crippen LogP contribution in [0.3, 0.4) is 0 Å². The highest BCUT2D eigenvalue weighted by atomic mass is 79.9. The van der Waals surface area contributed by atoms with Gasteiger partial charge in [0.05, 0.1) is 5.56 Å². The highest BCUT2D eigenvalue weighted by Gasteiger charge is 2.24. The van der Waals surface area contributed by atoms with Crippen molar-refractivity contribution in [1.29, 1.82) is 0 Å². The molecule has 1 amide bonds. The fourth-order valence-electron chi connectivity index (χ4n) is 2.25.